The van der Waals surface area contributed by atoms with Crippen molar-refractivity contribution in [2.45, 2.75) is 32.4 Å². The van der Waals surface area contributed by atoms with Crippen LogP contribution in [0.25, 0.3) is 0 Å². The van der Waals surface area contributed by atoms with Gasteiger partial charge in [-0.15, -0.1) is 0 Å². The average Bonchev–Trinajstić information content (AvgIpc) is 2.35. The Morgan fingerprint density at radius 3 is 2.94 bits per heavy atom. The van der Waals surface area contributed by atoms with Crippen molar-refractivity contribution in [3.05, 3.63) is 29.0 Å². The molecule has 2 rings (SSSR count). The Kier molecular flexibility index (Phi) is 4.37. The summed E-state index contributed by atoms with van der Waals surface area (Å²) in [6.07, 6.45) is 4.12. The van der Waals surface area contributed by atoms with Crippen LogP contribution in [-0.4, -0.2) is 34.2 Å². The standard InChI is InChI=1S/C13H19ClN2O/c1-10-2-3-12(9-17)8-16(10)7-11-4-5-13(14)15-6-11/h4-6,10,12,17H,2-3,7-9H2,1H3. The number of aromatic nitrogens is 1. The fraction of sp³-hybridized carbons (Fsp3) is 0.615. The molecule has 1 aromatic rings. The Hall–Kier alpha value is -0.640. The van der Waals surface area contributed by atoms with E-state index in [4.69, 9.17) is 11.6 Å². The lowest BCUT2D eigenvalue weighted by Crippen LogP contribution is -2.42. The van der Waals surface area contributed by atoms with Gasteiger partial charge in [0.05, 0.1) is 0 Å². The van der Waals surface area contributed by atoms with Crippen LogP contribution in [0.1, 0.15) is 25.3 Å². The summed E-state index contributed by atoms with van der Waals surface area (Å²) in [4.78, 5) is 6.51. The normalized spacial score (nSPS) is 26.1. The molecular weight excluding hydrogens is 236 g/mol. The SMILES string of the molecule is CC1CCC(CO)CN1Cc1ccc(Cl)nc1. The summed E-state index contributed by atoms with van der Waals surface area (Å²) in [7, 11) is 0. The van der Waals surface area contributed by atoms with Gasteiger partial charge in [0.15, 0.2) is 0 Å². The van der Waals surface area contributed by atoms with Gasteiger partial charge in [-0.2, -0.15) is 0 Å². The number of pyridine rings is 1. The fourth-order valence-corrected chi connectivity index (χ4v) is 2.48. The Morgan fingerprint density at radius 2 is 2.29 bits per heavy atom. The Bertz CT molecular complexity index is 355. The third-order valence-corrected chi connectivity index (χ3v) is 3.76. The zero-order chi connectivity index (χ0) is 12.3. The zero-order valence-corrected chi connectivity index (χ0v) is 10.9. The molecule has 94 valence electrons. The number of likely N-dealkylation sites (tertiary alicyclic amines) is 1. The number of rotatable bonds is 3. The summed E-state index contributed by atoms with van der Waals surface area (Å²) in [6.45, 7) is 4.40. The molecule has 2 atom stereocenters. The fourth-order valence-electron chi connectivity index (χ4n) is 2.37. The van der Waals surface area contributed by atoms with Crippen molar-refractivity contribution >= 4 is 11.6 Å². The predicted octanol–water partition coefficient (Wildman–Crippen LogP) is 2.33. The van der Waals surface area contributed by atoms with Crippen molar-refractivity contribution in [3.8, 4) is 0 Å². The molecule has 0 saturated carbocycles. The van der Waals surface area contributed by atoms with Crippen LogP contribution in [0.2, 0.25) is 5.15 Å². The van der Waals surface area contributed by atoms with Crippen molar-refractivity contribution in [3.63, 3.8) is 0 Å². The van der Waals surface area contributed by atoms with Crippen LogP contribution in [0.15, 0.2) is 18.3 Å². The number of piperidine rings is 1. The summed E-state index contributed by atoms with van der Waals surface area (Å²) in [5, 5.41) is 9.78. The number of aliphatic hydroxyl groups excluding tert-OH is 1. The van der Waals surface area contributed by atoms with Crippen LogP contribution in [0.5, 0.6) is 0 Å². The van der Waals surface area contributed by atoms with Crippen LogP contribution >= 0.6 is 11.6 Å². The number of nitrogens with zero attached hydrogens (tertiary/aromatic N) is 2. The highest BCUT2D eigenvalue weighted by atomic mass is 35.5. The lowest BCUT2D eigenvalue weighted by Gasteiger charge is -2.37. The molecule has 1 saturated heterocycles. The van der Waals surface area contributed by atoms with E-state index in [2.05, 4.69) is 16.8 Å². The molecule has 0 radical (unpaired) electrons. The zero-order valence-electron chi connectivity index (χ0n) is 10.1. The van der Waals surface area contributed by atoms with Gasteiger partial charge in [-0.3, -0.25) is 4.90 Å². The van der Waals surface area contributed by atoms with Crippen LogP contribution in [0.4, 0.5) is 0 Å². The monoisotopic (exact) mass is 254 g/mol. The molecule has 1 aliphatic heterocycles. The lowest BCUT2D eigenvalue weighted by molar-refractivity contribution is 0.0771. The lowest BCUT2D eigenvalue weighted by atomic mass is 9.94. The van der Waals surface area contributed by atoms with E-state index in [1.165, 1.54) is 5.56 Å². The molecular formula is C13H19ClN2O. The first-order chi connectivity index (χ1) is 8.19. The van der Waals surface area contributed by atoms with Gasteiger partial charge in [-0.25, -0.2) is 4.98 Å². The molecule has 1 aromatic heterocycles. The highest BCUT2D eigenvalue weighted by Gasteiger charge is 2.24. The molecule has 1 N–H and O–H groups in total. The van der Waals surface area contributed by atoms with Crippen LogP contribution in [0, 0.1) is 5.92 Å². The molecule has 0 spiro atoms. The second kappa shape index (κ2) is 5.80. The maximum atomic E-state index is 9.24. The molecule has 0 bridgehead atoms. The van der Waals surface area contributed by atoms with E-state index in [0.29, 0.717) is 23.7 Å². The Balaban J connectivity index is 1.98. The van der Waals surface area contributed by atoms with E-state index >= 15 is 0 Å². The second-order valence-electron chi connectivity index (χ2n) is 4.89. The number of hydrogen-bond acceptors (Lipinski definition) is 3. The quantitative estimate of drug-likeness (QED) is 0.841. The first-order valence-electron chi connectivity index (χ1n) is 6.14. The van der Waals surface area contributed by atoms with Crippen LogP contribution in [0.3, 0.4) is 0 Å². The minimum absolute atomic E-state index is 0.294. The maximum absolute atomic E-state index is 9.24. The van der Waals surface area contributed by atoms with Crippen LogP contribution in [-0.2, 0) is 6.54 Å². The molecule has 0 aromatic carbocycles. The molecule has 17 heavy (non-hydrogen) atoms. The third kappa shape index (κ3) is 3.41. The van der Waals surface area contributed by atoms with E-state index in [1.807, 2.05) is 18.3 Å². The molecule has 0 amide bonds. The molecule has 2 unspecified atom stereocenters. The van der Waals surface area contributed by atoms with Gasteiger partial charge in [0.2, 0.25) is 0 Å². The number of hydrogen-bond donors (Lipinski definition) is 1. The van der Waals surface area contributed by atoms with Gasteiger partial charge in [0.25, 0.3) is 0 Å². The summed E-state index contributed by atoms with van der Waals surface area (Å²) in [5.74, 6) is 0.423. The predicted molar refractivity (Wildman–Crippen MR) is 68.9 cm³/mol. The summed E-state index contributed by atoms with van der Waals surface area (Å²) in [5.41, 5.74) is 1.18. The topological polar surface area (TPSA) is 36.4 Å². The van der Waals surface area contributed by atoms with Gasteiger partial charge in [0.1, 0.15) is 5.15 Å². The van der Waals surface area contributed by atoms with E-state index < -0.39 is 0 Å². The highest BCUT2D eigenvalue weighted by Crippen LogP contribution is 2.23. The molecule has 3 nitrogen and oxygen atoms in total. The first-order valence-corrected chi connectivity index (χ1v) is 6.52. The van der Waals surface area contributed by atoms with Crippen molar-refractivity contribution in [2.75, 3.05) is 13.2 Å². The highest BCUT2D eigenvalue weighted by molar-refractivity contribution is 6.29. The largest absolute Gasteiger partial charge is 0.396 e. The molecule has 2 heterocycles. The molecule has 1 aliphatic rings. The van der Waals surface area contributed by atoms with Crippen molar-refractivity contribution in [1.29, 1.82) is 0 Å². The van der Waals surface area contributed by atoms with E-state index in [-0.39, 0.29) is 0 Å². The summed E-state index contributed by atoms with van der Waals surface area (Å²) >= 11 is 5.77. The Morgan fingerprint density at radius 1 is 1.47 bits per heavy atom. The minimum atomic E-state index is 0.294. The maximum Gasteiger partial charge on any atom is 0.129 e. The molecule has 0 aliphatic carbocycles. The van der Waals surface area contributed by atoms with E-state index in [1.54, 1.807) is 0 Å². The van der Waals surface area contributed by atoms with Gasteiger partial charge >= 0.3 is 0 Å². The number of aliphatic hydroxyl groups is 1. The van der Waals surface area contributed by atoms with Crippen molar-refractivity contribution < 1.29 is 5.11 Å². The van der Waals surface area contributed by atoms with Gasteiger partial charge in [-0.1, -0.05) is 17.7 Å². The van der Waals surface area contributed by atoms with Crippen LogP contribution < -0.4 is 0 Å². The average molecular weight is 255 g/mol. The summed E-state index contributed by atoms with van der Waals surface area (Å²) < 4.78 is 0. The van der Waals surface area contributed by atoms with E-state index in [0.717, 1.165) is 25.9 Å². The molecule has 4 heteroatoms. The molecule has 1 fully saturated rings. The van der Waals surface area contributed by atoms with Crippen molar-refractivity contribution in [1.82, 2.24) is 9.88 Å². The third-order valence-electron chi connectivity index (χ3n) is 3.54. The van der Waals surface area contributed by atoms with Crippen molar-refractivity contribution in [2.24, 2.45) is 5.92 Å². The second-order valence-corrected chi connectivity index (χ2v) is 5.28. The minimum Gasteiger partial charge on any atom is -0.396 e. The smallest absolute Gasteiger partial charge is 0.129 e. The van der Waals surface area contributed by atoms with Gasteiger partial charge in [0, 0.05) is 31.9 Å². The van der Waals surface area contributed by atoms with Gasteiger partial charge in [-0.05, 0) is 37.3 Å². The van der Waals surface area contributed by atoms with E-state index in [9.17, 15) is 5.11 Å². The Labute approximate surface area is 107 Å². The first kappa shape index (κ1) is 12.8. The number of halogens is 1. The summed E-state index contributed by atoms with van der Waals surface area (Å²) in [6, 6.07) is 4.42. The van der Waals surface area contributed by atoms with Gasteiger partial charge < -0.3 is 5.11 Å².